The minimum atomic E-state index is 1.01. The third-order valence-electron chi connectivity index (χ3n) is 3.88. The number of hydrogen-bond donors (Lipinski definition) is 0. The Balaban J connectivity index is 2.12. The Labute approximate surface area is 137 Å². The molecule has 0 N–H and O–H groups in total. The van der Waals surface area contributed by atoms with Crippen molar-refractivity contribution in [3.05, 3.63) is 108 Å². The predicted octanol–water partition coefficient (Wildman–Crippen LogP) is 5.64. The number of aryl methyl sites for hydroxylation is 1. The van der Waals surface area contributed by atoms with Gasteiger partial charge in [0.2, 0.25) is 0 Å². The molecule has 0 unspecified atom stereocenters. The lowest BCUT2D eigenvalue weighted by Crippen LogP contribution is -1.91. The highest BCUT2D eigenvalue weighted by atomic mass is 14.7. The van der Waals surface area contributed by atoms with Crippen molar-refractivity contribution < 1.29 is 0 Å². The van der Waals surface area contributed by atoms with Crippen molar-refractivity contribution in [2.45, 2.75) is 6.92 Å². The molecule has 2 aromatic carbocycles. The third-order valence-corrected chi connectivity index (χ3v) is 3.88. The van der Waals surface area contributed by atoms with Crippen molar-refractivity contribution in [2.75, 3.05) is 0 Å². The first-order valence-electron chi connectivity index (χ1n) is 7.69. The lowest BCUT2D eigenvalue weighted by atomic mass is 9.92. The summed E-state index contributed by atoms with van der Waals surface area (Å²) >= 11 is 0. The van der Waals surface area contributed by atoms with E-state index in [1.54, 1.807) is 0 Å². The normalized spacial score (nSPS) is 11.3. The van der Waals surface area contributed by atoms with Crippen LogP contribution >= 0.6 is 0 Å². The number of aromatic nitrogens is 1. The molecule has 0 aliphatic carbocycles. The van der Waals surface area contributed by atoms with E-state index in [1.165, 1.54) is 0 Å². The number of allylic oxidation sites excluding steroid dienone is 2. The molecule has 1 heteroatoms. The van der Waals surface area contributed by atoms with Gasteiger partial charge in [-0.1, -0.05) is 73.3 Å². The summed E-state index contributed by atoms with van der Waals surface area (Å²) in [6.07, 6.45) is 3.99. The monoisotopic (exact) mass is 297 g/mol. The molecule has 0 fully saturated rings. The lowest BCUT2D eigenvalue weighted by molar-refractivity contribution is 1.19. The Morgan fingerprint density at radius 2 is 1.43 bits per heavy atom. The molecule has 112 valence electrons. The zero-order valence-electron chi connectivity index (χ0n) is 13.2. The summed E-state index contributed by atoms with van der Waals surface area (Å²) in [6.45, 7) is 6.37. The second kappa shape index (κ2) is 6.89. The highest BCUT2D eigenvalue weighted by molar-refractivity contribution is 6.10. The highest BCUT2D eigenvalue weighted by Crippen LogP contribution is 2.31. The van der Waals surface area contributed by atoms with Gasteiger partial charge in [0, 0.05) is 11.9 Å². The van der Waals surface area contributed by atoms with Crippen LogP contribution in [0.3, 0.4) is 0 Å². The number of pyridine rings is 1. The van der Waals surface area contributed by atoms with Crippen LogP contribution in [0.1, 0.15) is 22.4 Å². The molecule has 23 heavy (non-hydrogen) atoms. The molecule has 3 aromatic rings. The largest absolute Gasteiger partial charge is 0.261 e. The van der Waals surface area contributed by atoms with E-state index in [0.29, 0.717) is 0 Å². The van der Waals surface area contributed by atoms with Crippen molar-refractivity contribution >= 4 is 17.2 Å². The van der Waals surface area contributed by atoms with Crippen LogP contribution in [-0.2, 0) is 0 Å². The molecule has 1 heterocycles. The van der Waals surface area contributed by atoms with E-state index in [9.17, 15) is 0 Å². The van der Waals surface area contributed by atoms with Crippen molar-refractivity contribution in [1.82, 2.24) is 4.98 Å². The molecule has 0 saturated heterocycles. The maximum Gasteiger partial charge on any atom is 0.0445 e. The van der Waals surface area contributed by atoms with Crippen molar-refractivity contribution in [2.24, 2.45) is 0 Å². The molecule has 1 nitrogen and oxygen atoms in total. The highest BCUT2D eigenvalue weighted by Gasteiger charge is 2.09. The van der Waals surface area contributed by atoms with Gasteiger partial charge in [0.15, 0.2) is 0 Å². The number of benzene rings is 2. The SMILES string of the molecule is C=C(/C(=C\c1cccnc1C)c1ccccc1)c1ccccc1. The molecule has 0 aliphatic rings. The van der Waals surface area contributed by atoms with Crippen molar-refractivity contribution in [1.29, 1.82) is 0 Å². The van der Waals surface area contributed by atoms with Crippen LogP contribution in [0.2, 0.25) is 0 Å². The fraction of sp³-hybridized carbons (Fsp3) is 0.0455. The van der Waals surface area contributed by atoms with Gasteiger partial charge in [-0.25, -0.2) is 0 Å². The van der Waals surface area contributed by atoms with Crippen molar-refractivity contribution in [3.8, 4) is 0 Å². The first kappa shape index (κ1) is 15.0. The van der Waals surface area contributed by atoms with Crippen LogP contribution in [0.4, 0.5) is 0 Å². The Morgan fingerprint density at radius 1 is 0.826 bits per heavy atom. The fourth-order valence-corrected chi connectivity index (χ4v) is 2.56. The van der Waals surface area contributed by atoms with E-state index in [-0.39, 0.29) is 0 Å². The van der Waals surface area contributed by atoms with Gasteiger partial charge in [-0.2, -0.15) is 0 Å². The number of hydrogen-bond acceptors (Lipinski definition) is 1. The van der Waals surface area contributed by atoms with E-state index in [1.807, 2.05) is 43.5 Å². The Bertz CT molecular complexity index is 830. The van der Waals surface area contributed by atoms with Crippen LogP contribution in [0.5, 0.6) is 0 Å². The van der Waals surface area contributed by atoms with Gasteiger partial charge in [0.25, 0.3) is 0 Å². The predicted molar refractivity (Wildman–Crippen MR) is 98.8 cm³/mol. The van der Waals surface area contributed by atoms with E-state index >= 15 is 0 Å². The van der Waals surface area contributed by atoms with Gasteiger partial charge < -0.3 is 0 Å². The Kier molecular flexibility index (Phi) is 4.49. The van der Waals surface area contributed by atoms with Crippen LogP contribution in [0.15, 0.2) is 85.6 Å². The smallest absolute Gasteiger partial charge is 0.0445 e. The van der Waals surface area contributed by atoms with E-state index in [0.717, 1.165) is 33.5 Å². The molecule has 0 spiro atoms. The summed E-state index contributed by atoms with van der Waals surface area (Å²) in [5, 5.41) is 0. The molecule has 0 aliphatic heterocycles. The topological polar surface area (TPSA) is 12.9 Å². The summed E-state index contributed by atoms with van der Waals surface area (Å²) in [4.78, 5) is 4.38. The Hall–Kier alpha value is -2.93. The summed E-state index contributed by atoms with van der Waals surface area (Å²) in [7, 11) is 0. The summed E-state index contributed by atoms with van der Waals surface area (Å²) in [5.74, 6) is 0. The Morgan fingerprint density at radius 3 is 2.04 bits per heavy atom. The molecular weight excluding hydrogens is 278 g/mol. The minimum absolute atomic E-state index is 1.01. The minimum Gasteiger partial charge on any atom is -0.261 e. The molecule has 0 amide bonds. The van der Waals surface area contributed by atoms with Crippen LogP contribution < -0.4 is 0 Å². The van der Waals surface area contributed by atoms with Gasteiger partial charge in [-0.05, 0) is 46.9 Å². The van der Waals surface area contributed by atoms with Crippen LogP contribution in [0.25, 0.3) is 17.2 Å². The third kappa shape index (κ3) is 3.46. The van der Waals surface area contributed by atoms with Gasteiger partial charge >= 0.3 is 0 Å². The van der Waals surface area contributed by atoms with Crippen LogP contribution in [0, 0.1) is 6.92 Å². The second-order valence-electron chi connectivity index (χ2n) is 5.45. The zero-order chi connectivity index (χ0) is 16.1. The summed E-state index contributed by atoms with van der Waals surface area (Å²) < 4.78 is 0. The maximum absolute atomic E-state index is 4.38. The fourth-order valence-electron chi connectivity index (χ4n) is 2.56. The molecular formula is C22H19N. The van der Waals surface area contributed by atoms with E-state index in [4.69, 9.17) is 0 Å². The average molecular weight is 297 g/mol. The zero-order valence-corrected chi connectivity index (χ0v) is 13.2. The van der Waals surface area contributed by atoms with Crippen LogP contribution in [-0.4, -0.2) is 4.98 Å². The number of nitrogens with zero attached hydrogens (tertiary/aromatic N) is 1. The van der Waals surface area contributed by atoms with Crippen molar-refractivity contribution in [3.63, 3.8) is 0 Å². The first-order chi connectivity index (χ1) is 11.3. The summed E-state index contributed by atoms with van der Waals surface area (Å²) in [6, 6.07) is 24.7. The van der Waals surface area contributed by atoms with Gasteiger partial charge in [0.05, 0.1) is 0 Å². The molecule has 0 atom stereocenters. The van der Waals surface area contributed by atoms with Gasteiger partial charge in [-0.15, -0.1) is 0 Å². The number of rotatable bonds is 4. The van der Waals surface area contributed by atoms with Gasteiger partial charge in [0.1, 0.15) is 0 Å². The molecule has 3 rings (SSSR count). The van der Waals surface area contributed by atoms with Gasteiger partial charge in [-0.3, -0.25) is 4.98 Å². The quantitative estimate of drug-likeness (QED) is 0.567. The lowest BCUT2D eigenvalue weighted by Gasteiger charge is -2.13. The van der Waals surface area contributed by atoms with E-state index < -0.39 is 0 Å². The maximum atomic E-state index is 4.38. The summed E-state index contributed by atoms with van der Waals surface area (Å²) in [5.41, 5.74) is 6.55. The molecule has 1 aromatic heterocycles. The first-order valence-corrected chi connectivity index (χ1v) is 7.69. The molecule has 0 saturated carbocycles. The second-order valence-corrected chi connectivity index (χ2v) is 5.45. The average Bonchev–Trinajstić information content (AvgIpc) is 2.62. The molecule has 0 radical (unpaired) electrons. The molecule has 0 bridgehead atoms. The standard InChI is InChI=1S/C22H19N/c1-17(19-10-5-3-6-11-19)22(20-12-7-4-8-13-20)16-21-14-9-15-23-18(21)2/h3-16H,1H2,2H3/b22-16+. The van der Waals surface area contributed by atoms with E-state index in [2.05, 4.69) is 60.1 Å².